The van der Waals surface area contributed by atoms with Crippen LogP contribution >= 0.6 is 11.6 Å². The number of fused-ring (bicyclic) bond motifs is 1. The van der Waals surface area contributed by atoms with Gasteiger partial charge in [-0.1, -0.05) is 35.9 Å². The van der Waals surface area contributed by atoms with Crippen LogP contribution in [0.15, 0.2) is 64.8 Å². The van der Waals surface area contributed by atoms with Crippen LogP contribution in [0.5, 0.6) is 5.75 Å². The van der Waals surface area contributed by atoms with Crippen molar-refractivity contribution in [3.8, 4) is 5.75 Å². The van der Waals surface area contributed by atoms with Crippen LogP contribution in [0.3, 0.4) is 0 Å². The third-order valence-electron chi connectivity index (χ3n) is 6.94. The van der Waals surface area contributed by atoms with Gasteiger partial charge in [-0.05, 0) is 62.6 Å². The summed E-state index contributed by atoms with van der Waals surface area (Å²) in [5.74, 6) is -3.85. The molecular weight excluding hydrogens is 494 g/mol. The lowest BCUT2D eigenvalue weighted by Crippen LogP contribution is -2.48. The molecule has 37 heavy (non-hydrogen) atoms. The number of hydrogen-bond acceptors (Lipinski definition) is 7. The van der Waals surface area contributed by atoms with E-state index in [1.54, 1.807) is 52.1 Å². The number of Topliss-reactive ketones (excluding diaryl/α,β-unsaturated/α-hetero) is 1. The van der Waals surface area contributed by atoms with Crippen LogP contribution in [0.4, 0.5) is 0 Å². The first-order chi connectivity index (χ1) is 17.8. The molecule has 1 aliphatic carbocycles. The number of halogens is 1. The van der Waals surface area contributed by atoms with Gasteiger partial charge in [0.1, 0.15) is 11.7 Å². The summed E-state index contributed by atoms with van der Waals surface area (Å²) < 4.78 is 16.1. The highest BCUT2D eigenvalue weighted by atomic mass is 35.5. The number of ketones is 1. The predicted molar refractivity (Wildman–Crippen MR) is 140 cm³/mol. The number of benzene rings is 2. The smallest absolute Gasteiger partial charge is 0.336 e. The number of hydrogen-bond donors (Lipinski definition) is 0. The Hall–Kier alpha value is -3.45. The summed E-state index contributed by atoms with van der Waals surface area (Å²) >= 11 is 6.14. The standard InChI is InChI=1S/C29H30ClNO6/c1-5-36-28(33)23-16(3)31-22-15-21(18-8-7-9-20(14-18)35-4)25(29(34)37-6-2)27(32)26(22)24(23)17-10-12-19(30)13-11-17/h7-14,21,24-26H,5-6,15H2,1-4H3/t21-,24-,25+,26?/m1/s1. The van der Waals surface area contributed by atoms with Crippen LogP contribution < -0.4 is 4.74 Å². The molecule has 4 atom stereocenters. The fraction of sp³-hybridized carbons (Fsp3) is 0.379. The van der Waals surface area contributed by atoms with Crippen molar-refractivity contribution in [3.63, 3.8) is 0 Å². The normalized spacial score (nSPS) is 23.2. The van der Waals surface area contributed by atoms with E-state index in [1.807, 2.05) is 24.3 Å². The first-order valence-electron chi connectivity index (χ1n) is 12.4. The molecule has 1 unspecified atom stereocenters. The highest BCUT2D eigenvalue weighted by Crippen LogP contribution is 2.48. The van der Waals surface area contributed by atoms with E-state index in [0.29, 0.717) is 34.2 Å². The third kappa shape index (κ3) is 5.18. The van der Waals surface area contributed by atoms with Gasteiger partial charge in [-0.25, -0.2) is 4.79 Å². The number of ether oxygens (including phenoxy) is 3. The first-order valence-corrected chi connectivity index (χ1v) is 12.7. The average Bonchev–Trinajstić information content (AvgIpc) is 2.88. The Bertz CT molecular complexity index is 1270. The molecule has 1 aliphatic heterocycles. The molecule has 4 rings (SSSR count). The van der Waals surface area contributed by atoms with Crippen molar-refractivity contribution in [2.24, 2.45) is 16.8 Å². The maximum Gasteiger partial charge on any atom is 0.336 e. The molecule has 0 N–H and O–H groups in total. The zero-order valence-electron chi connectivity index (χ0n) is 21.3. The molecular formula is C29H30ClNO6. The number of nitrogens with zero attached hydrogens (tertiary/aromatic N) is 1. The minimum absolute atomic E-state index is 0.146. The highest BCUT2D eigenvalue weighted by Gasteiger charge is 2.53. The average molecular weight is 524 g/mol. The van der Waals surface area contributed by atoms with E-state index < -0.39 is 35.6 Å². The van der Waals surface area contributed by atoms with E-state index in [2.05, 4.69) is 0 Å². The second-order valence-electron chi connectivity index (χ2n) is 9.05. The van der Waals surface area contributed by atoms with Gasteiger partial charge in [-0.2, -0.15) is 0 Å². The van der Waals surface area contributed by atoms with E-state index in [1.165, 1.54) is 0 Å². The minimum Gasteiger partial charge on any atom is -0.497 e. The number of esters is 2. The molecule has 1 fully saturated rings. The van der Waals surface area contributed by atoms with Crippen LogP contribution in [0.1, 0.15) is 50.2 Å². The topological polar surface area (TPSA) is 91.3 Å². The summed E-state index contributed by atoms with van der Waals surface area (Å²) in [4.78, 5) is 45.4. The molecule has 0 aromatic heterocycles. The fourth-order valence-corrected chi connectivity index (χ4v) is 5.50. The van der Waals surface area contributed by atoms with Gasteiger partial charge < -0.3 is 14.2 Å². The summed E-state index contributed by atoms with van der Waals surface area (Å²) in [7, 11) is 1.57. The van der Waals surface area contributed by atoms with Crippen molar-refractivity contribution in [2.45, 2.75) is 39.0 Å². The molecule has 0 radical (unpaired) electrons. The van der Waals surface area contributed by atoms with E-state index >= 15 is 0 Å². The van der Waals surface area contributed by atoms with Gasteiger partial charge in [0, 0.05) is 28.3 Å². The van der Waals surface area contributed by atoms with Gasteiger partial charge in [0.05, 0.1) is 31.8 Å². The lowest BCUT2D eigenvalue weighted by atomic mass is 9.62. The Kier molecular flexibility index (Phi) is 8.13. The molecule has 8 heteroatoms. The Morgan fingerprint density at radius 1 is 1.00 bits per heavy atom. The van der Waals surface area contributed by atoms with Crippen molar-refractivity contribution >= 4 is 35.0 Å². The van der Waals surface area contributed by atoms with Gasteiger partial charge in [0.25, 0.3) is 0 Å². The Morgan fingerprint density at radius 2 is 1.70 bits per heavy atom. The second kappa shape index (κ2) is 11.3. The number of rotatable bonds is 7. The monoisotopic (exact) mass is 523 g/mol. The van der Waals surface area contributed by atoms with E-state index in [0.717, 1.165) is 11.1 Å². The van der Waals surface area contributed by atoms with Crippen molar-refractivity contribution in [2.75, 3.05) is 20.3 Å². The van der Waals surface area contributed by atoms with Crippen LogP contribution in [-0.4, -0.2) is 43.8 Å². The van der Waals surface area contributed by atoms with Crippen molar-refractivity contribution in [3.05, 3.63) is 76.0 Å². The van der Waals surface area contributed by atoms with Gasteiger partial charge in [0.2, 0.25) is 0 Å². The number of carbonyl (C=O) groups excluding carboxylic acids is 3. The summed E-state index contributed by atoms with van der Waals surface area (Å²) in [5, 5.41) is 0.532. The van der Waals surface area contributed by atoms with Gasteiger partial charge in [-0.3, -0.25) is 14.6 Å². The van der Waals surface area contributed by atoms with Crippen LogP contribution in [0.2, 0.25) is 5.02 Å². The van der Waals surface area contributed by atoms with Crippen LogP contribution in [0.25, 0.3) is 0 Å². The number of aliphatic imine (C=N–C) groups is 1. The molecule has 2 aromatic rings. The van der Waals surface area contributed by atoms with Crippen LogP contribution in [0, 0.1) is 11.8 Å². The Balaban J connectivity index is 1.89. The van der Waals surface area contributed by atoms with Crippen molar-refractivity contribution in [1.82, 2.24) is 0 Å². The zero-order chi connectivity index (χ0) is 26.7. The predicted octanol–water partition coefficient (Wildman–Crippen LogP) is 5.28. The largest absolute Gasteiger partial charge is 0.497 e. The maximum absolute atomic E-state index is 14.3. The summed E-state index contributed by atoms with van der Waals surface area (Å²) in [6.07, 6.45) is 0.352. The Morgan fingerprint density at radius 3 is 2.35 bits per heavy atom. The Labute approximate surface area is 221 Å². The minimum atomic E-state index is -1.06. The quantitative estimate of drug-likeness (QED) is 0.362. The van der Waals surface area contributed by atoms with Gasteiger partial charge >= 0.3 is 11.9 Å². The van der Waals surface area contributed by atoms with E-state index in [9.17, 15) is 14.4 Å². The SMILES string of the molecule is CCOC(=O)C1=C(C)N=C2C[C@H](c3cccc(OC)c3)[C@H](C(=O)OCC)C(=O)C2[C@@H]1c1ccc(Cl)cc1. The summed E-state index contributed by atoms with van der Waals surface area (Å²) in [5.41, 5.74) is 2.95. The summed E-state index contributed by atoms with van der Waals surface area (Å²) in [6.45, 7) is 5.51. The van der Waals surface area contributed by atoms with Gasteiger partial charge in [0.15, 0.2) is 5.78 Å². The molecule has 0 amide bonds. The molecule has 1 saturated carbocycles. The molecule has 1 heterocycles. The van der Waals surface area contributed by atoms with E-state index in [-0.39, 0.29) is 19.0 Å². The highest BCUT2D eigenvalue weighted by molar-refractivity contribution is 6.30. The molecule has 7 nitrogen and oxygen atoms in total. The number of carbonyl (C=O) groups is 3. The molecule has 194 valence electrons. The maximum atomic E-state index is 14.3. The van der Waals surface area contributed by atoms with Crippen molar-refractivity contribution in [1.29, 1.82) is 0 Å². The van der Waals surface area contributed by atoms with Crippen molar-refractivity contribution < 1.29 is 28.6 Å². The summed E-state index contributed by atoms with van der Waals surface area (Å²) in [6, 6.07) is 14.4. The molecule has 0 bridgehead atoms. The number of allylic oxidation sites excluding steroid dienone is 1. The second-order valence-corrected chi connectivity index (χ2v) is 9.49. The zero-order valence-corrected chi connectivity index (χ0v) is 22.1. The van der Waals surface area contributed by atoms with Crippen LogP contribution in [-0.2, 0) is 23.9 Å². The van der Waals surface area contributed by atoms with E-state index in [4.69, 9.17) is 30.8 Å². The first kappa shape index (κ1) is 26.6. The lowest BCUT2D eigenvalue weighted by molar-refractivity contribution is -0.153. The number of methoxy groups -OCH3 is 1. The molecule has 2 aromatic carbocycles. The molecule has 0 saturated heterocycles. The molecule has 2 aliphatic rings. The van der Waals surface area contributed by atoms with Gasteiger partial charge in [-0.15, -0.1) is 0 Å². The molecule has 0 spiro atoms. The fourth-order valence-electron chi connectivity index (χ4n) is 5.37. The lowest BCUT2D eigenvalue weighted by Gasteiger charge is -2.41. The third-order valence-corrected chi connectivity index (χ3v) is 7.19.